The first-order valence-corrected chi connectivity index (χ1v) is 6.18. The summed E-state index contributed by atoms with van der Waals surface area (Å²) in [6, 6.07) is 5.74. The van der Waals surface area contributed by atoms with E-state index in [1.54, 1.807) is 6.20 Å². The highest BCUT2D eigenvalue weighted by atomic mass is 16.3. The molecule has 2 aromatic heterocycles. The third-order valence-electron chi connectivity index (χ3n) is 2.50. The Bertz CT molecular complexity index is 491. The zero-order chi connectivity index (χ0) is 13.3. The molecule has 6 nitrogen and oxygen atoms in total. The van der Waals surface area contributed by atoms with Crippen LogP contribution in [0.25, 0.3) is 0 Å². The van der Waals surface area contributed by atoms with Gasteiger partial charge in [-0.1, -0.05) is 6.07 Å². The van der Waals surface area contributed by atoms with Crippen molar-refractivity contribution in [3.05, 3.63) is 42.5 Å². The van der Waals surface area contributed by atoms with Crippen molar-refractivity contribution in [1.29, 1.82) is 0 Å². The van der Waals surface area contributed by atoms with Gasteiger partial charge in [-0.15, -0.1) is 0 Å². The quantitative estimate of drug-likeness (QED) is 0.650. The highest BCUT2D eigenvalue weighted by Crippen LogP contribution is 2.09. The van der Waals surface area contributed by atoms with Gasteiger partial charge < -0.3 is 15.7 Å². The molecule has 0 aliphatic heterocycles. The average Bonchev–Trinajstić information content (AvgIpc) is 2.47. The maximum Gasteiger partial charge on any atom is 0.131 e. The van der Waals surface area contributed by atoms with Gasteiger partial charge in [-0.3, -0.25) is 4.98 Å². The maximum absolute atomic E-state index is 8.72. The number of rotatable bonds is 7. The first-order valence-electron chi connectivity index (χ1n) is 6.18. The van der Waals surface area contributed by atoms with Gasteiger partial charge >= 0.3 is 0 Å². The molecule has 0 aliphatic carbocycles. The number of aliphatic hydroxyl groups is 1. The number of anilines is 2. The van der Waals surface area contributed by atoms with E-state index in [4.69, 9.17) is 5.11 Å². The molecule has 19 heavy (non-hydrogen) atoms. The van der Waals surface area contributed by atoms with Crippen LogP contribution in [0.2, 0.25) is 0 Å². The second-order valence-corrected chi connectivity index (χ2v) is 4.01. The second-order valence-electron chi connectivity index (χ2n) is 4.01. The number of aromatic nitrogens is 3. The van der Waals surface area contributed by atoms with Gasteiger partial charge in [0.25, 0.3) is 0 Å². The summed E-state index contributed by atoms with van der Waals surface area (Å²) < 4.78 is 0. The molecule has 0 unspecified atom stereocenters. The van der Waals surface area contributed by atoms with Crippen LogP contribution in [0.15, 0.2) is 36.9 Å². The van der Waals surface area contributed by atoms with Gasteiger partial charge in [-0.2, -0.15) is 0 Å². The fraction of sp³-hybridized carbons (Fsp3) is 0.308. The van der Waals surface area contributed by atoms with E-state index in [0.717, 1.165) is 17.2 Å². The summed E-state index contributed by atoms with van der Waals surface area (Å²) in [5, 5.41) is 15.1. The summed E-state index contributed by atoms with van der Waals surface area (Å²) in [7, 11) is 0. The highest BCUT2D eigenvalue weighted by Gasteiger charge is 1.98. The van der Waals surface area contributed by atoms with Crippen molar-refractivity contribution in [3.63, 3.8) is 0 Å². The summed E-state index contributed by atoms with van der Waals surface area (Å²) in [5.41, 5.74) is 1.09. The third-order valence-corrected chi connectivity index (χ3v) is 2.50. The molecule has 0 radical (unpaired) electrons. The van der Waals surface area contributed by atoms with Gasteiger partial charge in [0.15, 0.2) is 0 Å². The molecule has 0 aliphatic rings. The standard InChI is InChI=1S/C13H17N5O/c19-6-2-5-15-12-7-13(18-10-17-12)16-9-11-3-1-4-14-8-11/h1,3-4,7-8,10,19H,2,5-6,9H2,(H2,15,16,17,18). The van der Waals surface area contributed by atoms with E-state index in [9.17, 15) is 0 Å². The number of aliphatic hydroxyl groups excluding tert-OH is 1. The van der Waals surface area contributed by atoms with E-state index in [-0.39, 0.29) is 6.61 Å². The van der Waals surface area contributed by atoms with Crippen molar-refractivity contribution >= 4 is 11.6 Å². The van der Waals surface area contributed by atoms with Crippen LogP contribution in [-0.4, -0.2) is 33.2 Å². The molecule has 0 amide bonds. The normalized spacial score (nSPS) is 10.2. The van der Waals surface area contributed by atoms with Gasteiger partial charge in [0.1, 0.15) is 18.0 Å². The molecule has 2 heterocycles. The van der Waals surface area contributed by atoms with E-state index in [2.05, 4.69) is 25.6 Å². The first kappa shape index (κ1) is 13.2. The van der Waals surface area contributed by atoms with Crippen LogP contribution in [0.3, 0.4) is 0 Å². The molecule has 0 saturated heterocycles. The molecule has 6 heteroatoms. The smallest absolute Gasteiger partial charge is 0.131 e. The summed E-state index contributed by atoms with van der Waals surface area (Å²) >= 11 is 0. The van der Waals surface area contributed by atoms with E-state index in [1.165, 1.54) is 6.33 Å². The van der Waals surface area contributed by atoms with Gasteiger partial charge in [0.2, 0.25) is 0 Å². The van der Waals surface area contributed by atoms with E-state index >= 15 is 0 Å². The lowest BCUT2D eigenvalue weighted by Gasteiger charge is -2.08. The Labute approximate surface area is 112 Å². The van der Waals surface area contributed by atoms with Gasteiger partial charge in [-0.25, -0.2) is 9.97 Å². The fourth-order valence-electron chi connectivity index (χ4n) is 1.54. The molecule has 0 aromatic carbocycles. The number of hydrogen-bond donors (Lipinski definition) is 3. The minimum atomic E-state index is 0.171. The molecule has 0 saturated carbocycles. The largest absolute Gasteiger partial charge is 0.396 e. The Morgan fingerprint density at radius 3 is 2.74 bits per heavy atom. The lowest BCUT2D eigenvalue weighted by molar-refractivity contribution is 0.292. The van der Waals surface area contributed by atoms with E-state index in [1.807, 2.05) is 24.4 Å². The van der Waals surface area contributed by atoms with Crippen LogP contribution < -0.4 is 10.6 Å². The molecule has 2 aromatic rings. The van der Waals surface area contributed by atoms with E-state index < -0.39 is 0 Å². The molecule has 0 atom stereocenters. The number of hydrogen-bond acceptors (Lipinski definition) is 6. The molecule has 0 bridgehead atoms. The summed E-state index contributed by atoms with van der Waals surface area (Å²) in [6.45, 7) is 1.53. The molecule has 100 valence electrons. The van der Waals surface area contributed by atoms with Crippen LogP contribution in [0.1, 0.15) is 12.0 Å². The molecular formula is C13H17N5O. The minimum absolute atomic E-state index is 0.171. The van der Waals surface area contributed by atoms with Gasteiger partial charge in [-0.05, 0) is 18.1 Å². The van der Waals surface area contributed by atoms with Crippen molar-refractivity contribution in [1.82, 2.24) is 15.0 Å². The zero-order valence-electron chi connectivity index (χ0n) is 10.6. The Morgan fingerprint density at radius 1 is 1.16 bits per heavy atom. The van der Waals surface area contributed by atoms with Crippen molar-refractivity contribution in [2.24, 2.45) is 0 Å². The number of pyridine rings is 1. The Kier molecular flexibility index (Phi) is 5.06. The van der Waals surface area contributed by atoms with Crippen LogP contribution >= 0.6 is 0 Å². The first-order chi connectivity index (χ1) is 9.38. The minimum Gasteiger partial charge on any atom is -0.396 e. The summed E-state index contributed by atoms with van der Waals surface area (Å²) in [6.07, 6.45) is 5.77. The molecule has 0 spiro atoms. The number of nitrogens with one attached hydrogen (secondary N) is 2. The van der Waals surface area contributed by atoms with E-state index in [0.29, 0.717) is 19.5 Å². The molecule has 3 N–H and O–H groups in total. The predicted molar refractivity (Wildman–Crippen MR) is 73.8 cm³/mol. The second kappa shape index (κ2) is 7.27. The lowest BCUT2D eigenvalue weighted by atomic mass is 10.3. The van der Waals surface area contributed by atoms with Crippen LogP contribution in [-0.2, 0) is 6.54 Å². The third kappa shape index (κ3) is 4.51. The summed E-state index contributed by atoms with van der Waals surface area (Å²) in [4.78, 5) is 12.3. The fourth-order valence-corrected chi connectivity index (χ4v) is 1.54. The van der Waals surface area contributed by atoms with Crippen LogP contribution in [0.5, 0.6) is 0 Å². The Hall–Kier alpha value is -2.21. The van der Waals surface area contributed by atoms with Crippen LogP contribution in [0.4, 0.5) is 11.6 Å². The van der Waals surface area contributed by atoms with Crippen molar-refractivity contribution in [2.45, 2.75) is 13.0 Å². The van der Waals surface area contributed by atoms with Crippen molar-refractivity contribution in [3.8, 4) is 0 Å². The van der Waals surface area contributed by atoms with Crippen molar-refractivity contribution in [2.75, 3.05) is 23.8 Å². The van der Waals surface area contributed by atoms with Gasteiger partial charge in [0, 0.05) is 38.2 Å². The highest BCUT2D eigenvalue weighted by molar-refractivity contribution is 5.46. The van der Waals surface area contributed by atoms with Crippen LogP contribution in [0, 0.1) is 0 Å². The zero-order valence-corrected chi connectivity index (χ0v) is 10.6. The molecule has 2 rings (SSSR count). The topological polar surface area (TPSA) is 83.0 Å². The monoisotopic (exact) mass is 259 g/mol. The molecule has 0 fully saturated rings. The molecular weight excluding hydrogens is 242 g/mol. The maximum atomic E-state index is 8.72. The van der Waals surface area contributed by atoms with Gasteiger partial charge in [0.05, 0.1) is 0 Å². The summed E-state index contributed by atoms with van der Waals surface area (Å²) in [5.74, 6) is 1.50. The number of nitrogens with zero attached hydrogens (tertiary/aromatic N) is 3. The Balaban J connectivity index is 1.88. The SMILES string of the molecule is OCCCNc1cc(NCc2cccnc2)ncn1. The predicted octanol–water partition coefficient (Wildman–Crippen LogP) is 1.28. The average molecular weight is 259 g/mol. The lowest BCUT2D eigenvalue weighted by Crippen LogP contribution is -2.07. The van der Waals surface area contributed by atoms with Crippen molar-refractivity contribution < 1.29 is 5.11 Å². The Morgan fingerprint density at radius 2 is 2.00 bits per heavy atom.